The third kappa shape index (κ3) is 2.17. The van der Waals surface area contributed by atoms with Crippen molar-refractivity contribution in [3.63, 3.8) is 0 Å². The van der Waals surface area contributed by atoms with Crippen molar-refractivity contribution in [3.8, 4) is 0 Å². The van der Waals surface area contributed by atoms with E-state index in [0.717, 1.165) is 61.7 Å². The number of aryl methyl sites for hydroxylation is 2. The number of H-pyrrole nitrogens is 1. The van der Waals surface area contributed by atoms with Crippen LogP contribution in [0, 0.1) is 0 Å². The second-order valence-electron chi connectivity index (χ2n) is 7.89. The summed E-state index contributed by atoms with van der Waals surface area (Å²) in [5.74, 6) is -0.639. The van der Waals surface area contributed by atoms with Gasteiger partial charge in [-0.1, -0.05) is 46.3 Å². The molecule has 0 bridgehead atoms. The molecule has 3 aromatic carbocycles. The molecular formula is C24H18BrN3O2. The third-order valence-corrected chi connectivity index (χ3v) is 6.80. The Bertz CT molecular complexity index is 1560. The molecule has 5 nitrogen and oxygen atoms in total. The number of imide groups is 1. The molecule has 6 rings (SSSR count). The minimum atomic E-state index is -0.320. The Balaban J connectivity index is 1.89. The summed E-state index contributed by atoms with van der Waals surface area (Å²) in [5.41, 5.74) is 5.12. The number of carbonyl (C=O) groups is 2. The van der Waals surface area contributed by atoms with Gasteiger partial charge in [0, 0.05) is 51.0 Å². The van der Waals surface area contributed by atoms with Crippen molar-refractivity contribution >= 4 is 71.2 Å². The van der Waals surface area contributed by atoms with Crippen LogP contribution in [0.3, 0.4) is 0 Å². The molecule has 0 fully saturated rings. The zero-order valence-electron chi connectivity index (χ0n) is 16.3. The van der Waals surface area contributed by atoms with Gasteiger partial charge in [0.25, 0.3) is 11.8 Å². The predicted octanol–water partition coefficient (Wildman–Crippen LogP) is 5.18. The maximum atomic E-state index is 12.9. The van der Waals surface area contributed by atoms with Crippen LogP contribution < -0.4 is 5.32 Å². The second kappa shape index (κ2) is 6.19. The van der Waals surface area contributed by atoms with Crippen molar-refractivity contribution in [2.24, 2.45) is 7.05 Å². The number of nitrogens with zero attached hydrogens (tertiary/aromatic N) is 1. The normalized spacial score (nSPS) is 13.8. The number of aromatic nitrogens is 2. The maximum absolute atomic E-state index is 12.9. The van der Waals surface area contributed by atoms with E-state index < -0.39 is 0 Å². The second-order valence-corrected chi connectivity index (χ2v) is 8.69. The van der Waals surface area contributed by atoms with Crippen molar-refractivity contribution in [1.29, 1.82) is 0 Å². The molecular weight excluding hydrogens is 442 g/mol. The number of alkyl halides is 1. The molecule has 1 aliphatic heterocycles. The molecule has 5 aromatic rings. The molecule has 2 aromatic heterocycles. The lowest BCUT2D eigenvalue weighted by Crippen LogP contribution is -2.20. The number of halogens is 1. The van der Waals surface area contributed by atoms with Crippen LogP contribution in [-0.2, 0) is 13.5 Å². The van der Waals surface area contributed by atoms with Crippen molar-refractivity contribution < 1.29 is 9.59 Å². The summed E-state index contributed by atoms with van der Waals surface area (Å²) in [6, 6.07) is 12.4. The van der Waals surface area contributed by atoms with Crippen LogP contribution in [0.25, 0.3) is 43.5 Å². The number of para-hydroxylation sites is 1. The molecule has 1 aliphatic rings. The van der Waals surface area contributed by atoms with Crippen LogP contribution >= 0.6 is 15.9 Å². The topological polar surface area (TPSA) is 66.9 Å². The number of benzene rings is 3. The fourth-order valence-electron chi connectivity index (χ4n) is 4.99. The minimum Gasteiger partial charge on any atom is -0.354 e. The van der Waals surface area contributed by atoms with Gasteiger partial charge in [0.05, 0.1) is 22.2 Å². The Hall–Kier alpha value is -3.12. The van der Waals surface area contributed by atoms with Gasteiger partial charge in [-0.2, -0.15) is 0 Å². The van der Waals surface area contributed by atoms with Gasteiger partial charge < -0.3 is 9.55 Å². The summed E-state index contributed by atoms with van der Waals surface area (Å²) in [6.45, 7) is 0. The van der Waals surface area contributed by atoms with Crippen molar-refractivity contribution in [3.05, 3.63) is 59.3 Å². The van der Waals surface area contributed by atoms with Gasteiger partial charge in [0.15, 0.2) is 0 Å². The maximum Gasteiger partial charge on any atom is 0.259 e. The van der Waals surface area contributed by atoms with Gasteiger partial charge in [0.1, 0.15) is 0 Å². The predicted molar refractivity (Wildman–Crippen MR) is 124 cm³/mol. The first kappa shape index (κ1) is 17.7. The zero-order valence-corrected chi connectivity index (χ0v) is 17.9. The van der Waals surface area contributed by atoms with Crippen LogP contribution in [0.2, 0.25) is 0 Å². The van der Waals surface area contributed by atoms with Crippen LogP contribution in [0.4, 0.5) is 0 Å². The molecule has 6 heteroatoms. The van der Waals surface area contributed by atoms with Crippen LogP contribution in [0.5, 0.6) is 0 Å². The van der Waals surface area contributed by atoms with Crippen molar-refractivity contribution in [2.75, 3.05) is 5.33 Å². The average molecular weight is 460 g/mol. The molecule has 30 heavy (non-hydrogen) atoms. The first-order valence-corrected chi connectivity index (χ1v) is 11.1. The summed E-state index contributed by atoms with van der Waals surface area (Å²) in [5, 5.41) is 8.15. The fraction of sp³-hybridized carbons (Fsp3) is 0.167. The molecule has 0 saturated carbocycles. The van der Waals surface area contributed by atoms with E-state index in [4.69, 9.17) is 0 Å². The molecule has 0 aliphatic carbocycles. The Morgan fingerprint density at radius 1 is 0.933 bits per heavy atom. The number of aromatic amines is 1. The number of amides is 2. The minimum absolute atomic E-state index is 0.319. The van der Waals surface area contributed by atoms with Gasteiger partial charge in [-0.3, -0.25) is 14.9 Å². The van der Waals surface area contributed by atoms with Crippen molar-refractivity contribution in [2.45, 2.75) is 12.8 Å². The Morgan fingerprint density at radius 3 is 2.50 bits per heavy atom. The first-order valence-electron chi connectivity index (χ1n) is 9.98. The highest BCUT2D eigenvalue weighted by atomic mass is 79.9. The van der Waals surface area contributed by atoms with E-state index in [2.05, 4.69) is 44.4 Å². The smallest absolute Gasteiger partial charge is 0.259 e. The third-order valence-electron chi connectivity index (χ3n) is 6.24. The lowest BCUT2D eigenvalue weighted by molar-refractivity contribution is 0.0880. The van der Waals surface area contributed by atoms with Crippen LogP contribution in [-0.4, -0.2) is 26.7 Å². The standard InChI is InChI=1S/C24H18BrN3O2/c1-28-11-9-13-7-8-15-17(22(13)28)19-18(23(29)27-24(19)30)16-14-6-2-4-12(5-3-10-25)20(14)26-21(15)16/h2,4,6-9,11,26H,3,5,10H2,1H3,(H,27,29,30). The van der Waals surface area contributed by atoms with Gasteiger partial charge in [-0.25, -0.2) is 0 Å². The van der Waals surface area contributed by atoms with Crippen molar-refractivity contribution in [1.82, 2.24) is 14.9 Å². The van der Waals surface area contributed by atoms with Gasteiger partial charge in [-0.15, -0.1) is 0 Å². The molecule has 0 spiro atoms. The monoisotopic (exact) mass is 459 g/mol. The molecule has 0 unspecified atom stereocenters. The zero-order chi connectivity index (χ0) is 20.6. The van der Waals surface area contributed by atoms with Gasteiger partial charge in [0.2, 0.25) is 0 Å². The number of rotatable bonds is 3. The highest BCUT2D eigenvalue weighted by molar-refractivity contribution is 9.09. The highest BCUT2D eigenvalue weighted by Crippen LogP contribution is 2.42. The molecule has 0 atom stereocenters. The number of hydrogen-bond acceptors (Lipinski definition) is 2. The summed E-state index contributed by atoms with van der Waals surface area (Å²) in [4.78, 5) is 29.5. The largest absolute Gasteiger partial charge is 0.354 e. The van der Waals surface area contributed by atoms with Crippen LogP contribution in [0.1, 0.15) is 32.7 Å². The lowest BCUT2D eigenvalue weighted by atomic mass is 9.93. The van der Waals surface area contributed by atoms with Crippen LogP contribution in [0.15, 0.2) is 42.6 Å². The molecule has 2 N–H and O–H groups in total. The Kier molecular flexibility index (Phi) is 3.65. The van der Waals surface area contributed by atoms with E-state index in [0.29, 0.717) is 11.1 Å². The Labute approximate surface area is 180 Å². The average Bonchev–Trinajstić information content (AvgIpc) is 3.40. The van der Waals surface area contributed by atoms with E-state index in [1.54, 1.807) is 0 Å². The number of hydrogen-bond donors (Lipinski definition) is 2. The molecule has 148 valence electrons. The van der Waals surface area contributed by atoms with E-state index in [1.807, 2.05) is 36.0 Å². The summed E-state index contributed by atoms with van der Waals surface area (Å²) >= 11 is 3.52. The summed E-state index contributed by atoms with van der Waals surface area (Å²) < 4.78 is 2.02. The lowest BCUT2D eigenvalue weighted by Gasteiger charge is -2.09. The highest BCUT2D eigenvalue weighted by Gasteiger charge is 2.34. The number of carbonyl (C=O) groups excluding carboxylic acids is 2. The Morgan fingerprint density at radius 2 is 1.70 bits per heavy atom. The number of nitrogens with one attached hydrogen (secondary N) is 2. The van der Waals surface area contributed by atoms with E-state index in [-0.39, 0.29) is 11.8 Å². The quantitative estimate of drug-likeness (QED) is 0.288. The van der Waals surface area contributed by atoms with Gasteiger partial charge in [-0.05, 0) is 24.5 Å². The summed E-state index contributed by atoms with van der Waals surface area (Å²) in [6.07, 6.45) is 3.94. The molecule has 0 radical (unpaired) electrons. The van der Waals surface area contributed by atoms with E-state index in [9.17, 15) is 9.59 Å². The van der Waals surface area contributed by atoms with E-state index in [1.165, 1.54) is 5.56 Å². The fourth-order valence-corrected chi connectivity index (χ4v) is 5.27. The van der Waals surface area contributed by atoms with Gasteiger partial charge >= 0.3 is 0 Å². The van der Waals surface area contributed by atoms with E-state index >= 15 is 0 Å². The molecule has 2 amide bonds. The molecule has 0 saturated heterocycles. The molecule has 3 heterocycles. The summed E-state index contributed by atoms with van der Waals surface area (Å²) in [7, 11) is 1.97. The number of fused-ring (bicyclic) bond motifs is 10. The first-order chi connectivity index (χ1) is 14.6. The SMILES string of the molecule is Cn1ccc2ccc3c4[nH]c5c(CCCBr)cccc5c4c4c(c3c21)C(=O)NC4=O.